The molecule has 0 amide bonds. The number of hydrogen-bond donors (Lipinski definition) is 1. The lowest BCUT2D eigenvalue weighted by Gasteiger charge is -2.33. The van der Waals surface area contributed by atoms with Crippen LogP contribution in [-0.4, -0.2) is 38.5 Å². The summed E-state index contributed by atoms with van der Waals surface area (Å²) < 4.78 is 8.30. The molecule has 0 saturated carbocycles. The summed E-state index contributed by atoms with van der Waals surface area (Å²) in [7, 11) is 0. The van der Waals surface area contributed by atoms with Crippen LogP contribution in [0.15, 0.2) is 10.3 Å². The highest BCUT2D eigenvalue weighted by Gasteiger charge is 2.44. The molecule has 26 heavy (non-hydrogen) atoms. The van der Waals surface area contributed by atoms with Crippen LogP contribution in [-0.2, 0) is 17.8 Å². The van der Waals surface area contributed by atoms with Gasteiger partial charge in [-0.15, -0.1) is 21.5 Å². The largest absolute Gasteiger partial charge is 0.372 e. The van der Waals surface area contributed by atoms with Gasteiger partial charge in [-0.25, -0.2) is 4.57 Å². The van der Waals surface area contributed by atoms with E-state index in [4.69, 9.17) is 4.74 Å². The Hall–Kier alpha value is -1.23. The minimum atomic E-state index is -0.00947. The Kier molecular flexibility index (Phi) is 4.00. The predicted octanol–water partition coefficient (Wildman–Crippen LogP) is 3.20. The van der Waals surface area contributed by atoms with Crippen LogP contribution in [0.3, 0.4) is 0 Å². The molecule has 0 spiro atoms. The highest BCUT2D eigenvalue weighted by atomic mass is 32.2. The SMILES string of the molecule is CSC1=NNC2c3c(sc4c3C[C@H](C(C)C)OC4)-n3c(SC)nnc3N12. The van der Waals surface area contributed by atoms with E-state index in [2.05, 4.69) is 44.0 Å². The van der Waals surface area contributed by atoms with E-state index in [1.807, 2.05) is 12.5 Å². The van der Waals surface area contributed by atoms with Crippen molar-refractivity contribution in [1.82, 2.24) is 20.2 Å². The normalized spacial score (nSPS) is 23.3. The summed E-state index contributed by atoms with van der Waals surface area (Å²) in [5.74, 6) is 1.34. The fraction of sp³-hybridized carbons (Fsp3) is 0.562. The summed E-state index contributed by atoms with van der Waals surface area (Å²) in [6.45, 7) is 5.14. The fourth-order valence-corrected chi connectivity index (χ4v) is 6.12. The first-order valence-corrected chi connectivity index (χ1v) is 11.8. The Morgan fingerprint density at radius 2 is 2.12 bits per heavy atom. The van der Waals surface area contributed by atoms with Gasteiger partial charge in [0.1, 0.15) is 5.00 Å². The quantitative estimate of drug-likeness (QED) is 0.765. The lowest BCUT2D eigenvalue weighted by atomic mass is 9.93. The molecule has 3 aliphatic heterocycles. The second kappa shape index (κ2) is 6.15. The second-order valence-electron chi connectivity index (χ2n) is 6.84. The number of amidine groups is 1. The van der Waals surface area contributed by atoms with Crippen molar-refractivity contribution in [2.45, 2.75) is 44.3 Å². The predicted molar refractivity (Wildman–Crippen MR) is 107 cm³/mol. The van der Waals surface area contributed by atoms with Crippen LogP contribution < -0.4 is 10.3 Å². The maximum absolute atomic E-state index is 6.12. The van der Waals surface area contributed by atoms with Gasteiger partial charge in [-0.3, -0.25) is 10.3 Å². The molecule has 0 fully saturated rings. The number of thioether (sulfide) groups is 2. The highest BCUT2D eigenvalue weighted by molar-refractivity contribution is 8.13. The highest BCUT2D eigenvalue weighted by Crippen LogP contribution is 2.49. The number of hydrogen-bond acceptors (Lipinski definition) is 9. The lowest BCUT2D eigenvalue weighted by Crippen LogP contribution is -2.38. The average molecular weight is 409 g/mol. The summed E-state index contributed by atoms with van der Waals surface area (Å²) in [5, 5.41) is 16.5. The maximum Gasteiger partial charge on any atom is 0.241 e. The molecule has 1 N–H and O–H groups in total. The Balaban J connectivity index is 1.71. The number of nitrogens with one attached hydrogen (secondary N) is 1. The van der Waals surface area contributed by atoms with Crippen molar-refractivity contribution < 1.29 is 4.74 Å². The van der Waals surface area contributed by atoms with E-state index in [1.165, 1.54) is 21.0 Å². The summed E-state index contributed by atoms with van der Waals surface area (Å²) in [5.41, 5.74) is 6.07. The molecule has 2 aromatic heterocycles. The van der Waals surface area contributed by atoms with Crippen molar-refractivity contribution in [3.63, 3.8) is 0 Å². The zero-order chi connectivity index (χ0) is 18.0. The number of fused-ring (bicyclic) bond motifs is 8. The number of hydrazone groups is 1. The van der Waals surface area contributed by atoms with Crippen LogP contribution in [0.2, 0.25) is 0 Å². The van der Waals surface area contributed by atoms with E-state index in [0.717, 1.165) is 22.7 Å². The second-order valence-corrected chi connectivity index (χ2v) is 9.47. The van der Waals surface area contributed by atoms with Crippen molar-refractivity contribution in [3.05, 3.63) is 16.0 Å². The molecule has 10 heteroatoms. The van der Waals surface area contributed by atoms with Gasteiger partial charge in [0.2, 0.25) is 5.95 Å². The van der Waals surface area contributed by atoms with Crippen LogP contribution in [0, 0.1) is 5.92 Å². The molecule has 0 bridgehead atoms. The maximum atomic E-state index is 6.12. The monoisotopic (exact) mass is 408 g/mol. The third kappa shape index (κ3) is 2.22. The summed E-state index contributed by atoms with van der Waals surface area (Å²) >= 11 is 5.05. The number of aromatic nitrogens is 3. The Bertz CT molecular complexity index is 904. The van der Waals surface area contributed by atoms with Gasteiger partial charge in [0.05, 0.1) is 12.7 Å². The molecule has 0 aromatic carbocycles. The van der Waals surface area contributed by atoms with E-state index < -0.39 is 0 Å². The van der Waals surface area contributed by atoms with E-state index in [-0.39, 0.29) is 12.3 Å². The number of rotatable bonds is 2. The topological polar surface area (TPSA) is 67.6 Å². The zero-order valence-corrected chi connectivity index (χ0v) is 17.5. The molecule has 7 nitrogen and oxygen atoms in total. The lowest BCUT2D eigenvalue weighted by molar-refractivity contribution is 0.00135. The molecule has 0 saturated heterocycles. The molecular weight excluding hydrogens is 388 g/mol. The number of thiophene rings is 1. The Morgan fingerprint density at radius 3 is 2.85 bits per heavy atom. The molecule has 1 unspecified atom stereocenters. The van der Waals surface area contributed by atoms with Crippen molar-refractivity contribution in [2.75, 3.05) is 17.4 Å². The van der Waals surface area contributed by atoms with Crippen LogP contribution in [0.1, 0.15) is 36.0 Å². The average Bonchev–Trinajstić information content (AvgIpc) is 3.33. The molecule has 3 aliphatic rings. The standard InChI is InChI=1S/C16H20N6OS3/c1-7(2)9-5-8-10(6-23-9)26-13-11(8)12-17-19-15(24-3)21(12)14-18-20-16(25-4)22(13)14/h7,9,12,17H,5-6H2,1-4H3/t9-,12?/m1/s1. The van der Waals surface area contributed by atoms with Crippen molar-refractivity contribution in [3.8, 4) is 5.00 Å². The molecule has 5 rings (SSSR count). The molecular formula is C16H20N6OS3. The minimum absolute atomic E-state index is 0.00947. The molecule has 5 heterocycles. The molecule has 2 aromatic rings. The van der Waals surface area contributed by atoms with E-state index in [1.54, 1.807) is 34.9 Å². The Labute approximate surface area is 164 Å². The first-order chi connectivity index (χ1) is 12.6. The third-order valence-corrected chi connectivity index (χ3v) is 7.60. The summed E-state index contributed by atoms with van der Waals surface area (Å²) in [6, 6.07) is 0. The fourth-order valence-electron chi connectivity index (χ4n) is 3.78. The van der Waals surface area contributed by atoms with E-state index in [9.17, 15) is 0 Å². The van der Waals surface area contributed by atoms with Crippen LogP contribution in [0.25, 0.3) is 5.00 Å². The number of anilines is 1. The Morgan fingerprint density at radius 1 is 1.27 bits per heavy atom. The number of nitrogens with zero attached hydrogens (tertiary/aromatic N) is 5. The number of ether oxygens (including phenoxy) is 1. The van der Waals surface area contributed by atoms with Gasteiger partial charge < -0.3 is 4.74 Å². The summed E-state index contributed by atoms with van der Waals surface area (Å²) in [6.07, 6.45) is 5.29. The molecule has 0 radical (unpaired) electrons. The molecule has 0 aliphatic carbocycles. The minimum Gasteiger partial charge on any atom is -0.372 e. The first-order valence-electron chi connectivity index (χ1n) is 8.56. The third-order valence-electron chi connectivity index (χ3n) is 5.11. The van der Waals surface area contributed by atoms with Crippen molar-refractivity contribution in [2.24, 2.45) is 11.0 Å². The van der Waals surface area contributed by atoms with Crippen LogP contribution in [0.4, 0.5) is 5.95 Å². The van der Waals surface area contributed by atoms with Crippen molar-refractivity contribution in [1.29, 1.82) is 0 Å². The van der Waals surface area contributed by atoms with Gasteiger partial charge >= 0.3 is 0 Å². The smallest absolute Gasteiger partial charge is 0.241 e. The van der Waals surface area contributed by atoms with Gasteiger partial charge in [0, 0.05) is 16.9 Å². The van der Waals surface area contributed by atoms with Gasteiger partial charge in [-0.2, -0.15) is 5.10 Å². The van der Waals surface area contributed by atoms with Gasteiger partial charge in [-0.1, -0.05) is 37.4 Å². The zero-order valence-electron chi connectivity index (χ0n) is 15.0. The van der Waals surface area contributed by atoms with Gasteiger partial charge in [-0.05, 0) is 24.0 Å². The van der Waals surface area contributed by atoms with E-state index >= 15 is 0 Å². The van der Waals surface area contributed by atoms with E-state index in [0.29, 0.717) is 12.5 Å². The summed E-state index contributed by atoms with van der Waals surface area (Å²) in [4.78, 5) is 3.49. The van der Waals surface area contributed by atoms with Crippen molar-refractivity contribution >= 4 is 46.0 Å². The van der Waals surface area contributed by atoms with Gasteiger partial charge in [0.25, 0.3) is 0 Å². The van der Waals surface area contributed by atoms with Crippen LogP contribution in [0.5, 0.6) is 0 Å². The molecule has 2 atom stereocenters. The van der Waals surface area contributed by atoms with Gasteiger partial charge in [0.15, 0.2) is 16.5 Å². The van der Waals surface area contributed by atoms with Crippen LogP contribution >= 0.6 is 34.9 Å². The molecule has 138 valence electrons. The first kappa shape index (κ1) is 16.9.